The van der Waals surface area contributed by atoms with Crippen LogP contribution in [0.5, 0.6) is 0 Å². The first-order chi connectivity index (χ1) is 13.5. The third kappa shape index (κ3) is 5.57. The Morgan fingerprint density at radius 2 is 2.00 bits per heavy atom. The van der Waals surface area contributed by atoms with E-state index in [9.17, 15) is 9.59 Å². The van der Waals surface area contributed by atoms with Gasteiger partial charge in [0.25, 0.3) is 5.91 Å². The standard InChI is InChI=1S/C22H27N3O3/c1-15-8-9-20(16(2)11-15)23-14-21(26)25-18-6-3-5-17(12-18)22(27)24-13-19-7-4-10-28-19/h3,5-6,8-9,11-12,19,23H,4,7,10,13-14H2,1-2H3,(H,24,27)(H,25,26). The van der Waals surface area contributed by atoms with E-state index in [2.05, 4.69) is 22.0 Å². The number of hydrogen-bond donors (Lipinski definition) is 3. The van der Waals surface area contributed by atoms with Crippen LogP contribution in [0.2, 0.25) is 0 Å². The van der Waals surface area contributed by atoms with E-state index in [0.717, 1.165) is 30.7 Å². The van der Waals surface area contributed by atoms with Crippen LogP contribution in [0.4, 0.5) is 11.4 Å². The maximum Gasteiger partial charge on any atom is 0.251 e. The zero-order valence-corrected chi connectivity index (χ0v) is 16.4. The molecule has 0 spiro atoms. The van der Waals surface area contributed by atoms with Crippen molar-refractivity contribution in [3.05, 3.63) is 59.2 Å². The molecular formula is C22H27N3O3. The molecule has 1 fully saturated rings. The molecule has 0 aliphatic carbocycles. The molecule has 1 heterocycles. The molecule has 2 aromatic carbocycles. The van der Waals surface area contributed by atoms with Crippen LogP contribution in [0.3, 0.4) is 0 Å². The summed E-state index contributed by atoms with van der Waals surface area (Å²) in [6.45, 7) is 5.46. The predicted molar refractivity (Wildman–Crippen MR) is 111 cm³/mol. The maximum absolute atomic E-state index is 12.3. The summed E-state index contributed by atoms with van der Waals surface area (Å²) in [6, 6.07) is 13.0. The van der Waals surface area contributed by atoms with Crippen molar-refractivity contribution in [1.29, 1.82) is 0 Å². The summed E-state index contributed by atoms with van der Waals surface area (Å²) in [6.07, 6.45) is 2.12. The summed E-state index contributed by atoms with van der Waals surface area (Å²) in [5, 5.41) is 8.86. The number of amides is 2. The summed E-state index contributed by atoms with van der Waals surface area (Å²) in [4.78, 5) is 24.6. The van der Waals surface area contributed by atoms with Crippen LogP contribution in [0.1, 0.15) is 34.3 Å². The van der Waals surface area contributed by atoms with E-state index in [-0.39, 0.29) is 24.5 Å². The van der Waals surface area contributed by atoms with Gasteiger partial charge in [-0.15, -0.1) is 0 Å². The highest BCUT2D eigenvalue weighted by atomic mass is 16.5. The van der Waals surface area contributed by atoms with Crippen LogP contribution < -0.4 is 16.0 Å². The van der Waals surface area contributed by atoms with Crippen molar-refractivity contribution in [3.8, 4) is 0 Å². The van der Waals surface area contributed by atoms with E-state index >= 15 is 0 Å². The topological polar surface area (TPSA) is 79.5 Å². The van der Waals surface area contributed by atoms with Crippen molar-refractivity contribution in [2.45, 2.75) is 32.8 Å². The van der Waals surface area contributed by atoms with Crippen molar-refractivity contribution in [3.63, 3.8) is 0 Å². The number of aryl methyl sites for hydroxylation is 2. The van der Waals surface area contributed by atoms with Crippen molar-refractivity contribution >= 4 is 23.2 Å². The third-order valence-electron chi connectivity index (χ3n) is 4.74. The third-order valence-corrected chi connectivity index (χ3v) is 4.74. The second kappa shape index (κ2) is 9.37. The Balaban J connectivity index is 1.51. The van der Waals surface area contributed by atoms with E-state index in [0.29, 0.717) is 17.8 Å². The first kappa shape index (κ1) is 19.9. The molecule has 1 aliphatic heterocycles. The number of hydrogen-bond acceptors (Lipinski definition) is 4. The number of ether oxygens (including phenoxy) is 1. The molecule has 6 heteroatoms. The van der Waals surface area contributed by atoms with Gasteiger partial charge in [0, 0.05) is 30.1 Å². The minimum atomic E-state index is -0.170. The van der Waals surface area contributed by atoms with Gasteiger partial charge in [-0.05, 0) is 56.5 Å². The monoisotopic (exact) mass is 381 g/mol. The van der Waals surface area contributed by atoms with Gasteiger partial charge in [-0.1, -0.05) is 23.8 Å². The average Bonchev–Trinajstić information content (AvgIpc) is 3.19. The minimum absolute atomic E-state index is 0.100. The van der Waals surface area contributed by atoms with Crippen LogP contribution in [0.15, 0.2) is 42.5 Å². The molecule has 3 N–H and O–H groups in total. The predicted octanol–water partition coefficient (Wildman–Crippen LogP) is 3.26. The lowest BCUT2D eigenvalue weighted by Crippen LogP contribution is -2.31. The second-order valence-electron chi connectivity index (χ2n) is 7.15. The molecule has 0 bridgehead atoms. The number of benzene rings is 2. The fourth-order valence-corrected chi connectivity index (χ4v) is 3.24. The molecule has 2 amide bonds. The highest BCUT2D eigenvalue weighted by molar-refractivity contribution is 5.98. The van der Waals surface area contributed by atoms with Gasteiger partial charge in [-0.25, -0.2) is 0 Å². The summed E-state index contributed by atoms with van der Waals surface area (Å²) in [5.41, 5.74) is 4.32. The van der Waals surface area contributed by atoms with E-state index < -0.39 is 0 Å². The van der Waals surface area contributed by atoms with Crippen LogP contribution in [-0.4, -0.2) is 37.6 Å². The molecule has 2 aromatic rings. The minimum Gasteiger partial charge on any atom is -0.376 e. The lowest BCUT2D eigenvalue weighted by atomic mass is 10.1. The number of nitrogens with one attached hydrogen (secondary N) is 3. The molecule has 0 aromatic heterocycles. The van der Waals surface area contributed by atoms with E-state index in [1.165, 1.54) is 5.56 Å². The number of anilines is 2. The van der Waals surface area contributed by atoms with Gasteiger partial charge in [0.2, 0.25) is 5.91 Å². The number of carbonyl (C=O) groups excluding carboxylic acids is 2. The van der Waals surface area contributed by atoms with Crippen molar-refractivity contribution in [2.24, 2.45) is 0 Å². The quantitative estimate of drug-likeness (QED) is 0.688. The molecule has 1 saturated heterocycles. The van der Waals surface area contributed by atoms with Crippen LogP contribution in [0, 0.1) is 13.8 Å². The summed E-state index contributed by atoms with van der Waals surface area (Å²) in [5.74, 6) is -0.336. The van der Waals surface area contributed by atoms with Crippen molar-refractivity contribution in [2.75, 3.05) is 30.3 Å². The Bertz CT molecular complexity index is 845. The first-order valence-corrected chi connectivity index (χ1v) is 9.62. The molecule has 1 unspecified atom stereocenters. The lowest BCUT2D eigenvalue weighted by Gasteiger charge is -2.12. The van der Waals surface area contributed by atoms with Gasteiger partial charge in [-0.2, -0.15) is 0 Å². The maximum atomic E-state index is 12.3. The first-order valence-electron chi connectivity index (χ1n) is 9.62. The Hall–Kier alpha value is -2.86. The van der Waals surface area contributed by atoms with E-state index in [4.69, 9.17) is 4.74 Å². The molecule has 0 radical (unpaired) electrons. The summed E-state index contributed by atoms with van der Waals surface area (Å²) >= 11 is 0. The van der Waals surface area contributed by atoms with Crippen LogP contribution in [-0.2, 0) is 9.53 Å². The Labute approximate surface area is 165 Å². The summed E-state index contributed by atoms with van der Waals surface area (Å²) in [7, 11) is 0. The number of rotatable bonds is 7. The smallest absolute Gasteiger partial charge is 0.251 e. The molecule has 1 aliphatic rings. The van der Waals surface area contributed by atoms with Gasteiger partial charge >= 0.3 is 0 Å². The van der Waals surface area contributed by atoms with Gasteiger partial charge in [0.05, 0.1) is 12.6 Å². The molecule has 1 atom stereocenters. The van der Waals surface area contributed by atoms with E-state index in [1.807, 2.05) is 26.0 Å². The highest BCUT2D eigenvalue weighted by Crippen LogP contribution is 2.16. The van der Waals surface area contributed by atoms with E-state index in [1.54, 1.807) is 24.3 Å². The Kier molecular flexibility index (Phi) is 6.66. The zero-order valence-electron chi connectivity index (χ0n) is 16.4. The van der Waals surface area contributed by atoms with Gasteiger partial charge in [-0.3, -0.25) is 9.59 Å². The Morgan fingerprint density at radius 3 is 2.75 bits per heavy atom. The van der Waals surface area contributed by atoms with Gasteiger partial charge in [0.1, 0.15) is 0 Å². The molecule has 6 nitrogen and oxygen atoms in total. The molecular weight excluding hydrogens is 354 g/mol. The van der Waals surface area contributed by atoms with Crippen LogP contribution in [0.25, 0.3) is 0 Å². The summed E-state index contributed by atoms with van der Waals surface area (Å²) < 4.78 is 5.52. The highest BCUT2D eigenvalue weighted by Gasteiger charge is 2.17. The van der Waals surface area contributed by atoms with Crippen molar-refractivity contribution < 1.29 is 14.3 Å². The molecule has 28 heavy (non-hydrogen) atoms. The molecule has 3 rings (SSSR count). The SMILES string of the molecule is Cc1ccc(NCC(=O)Nc2cccc(C(=O)NCC3CCCO3)c2)c(C)c1. The fourth-order valence-electron chi connectivity index (χ4n) is 3.24. The van der Waals surface area contributed by atoms with Crippen LogP contribution >= 0.6 is 0 Å². The van der Waals surface area contributed by atoms with Gasteiger partial charge in [0.15, 0.2) is 0 Å². The molecule has 148 valence electrons. The Morgan fingerprint density at radius 1 is 1.14 bits per heavy atom. The molecule has 0 saturated carbocycles. The zero-order chi connectivity index (χ0) is 19.9. The normalized spacial score (nSPS) is 15.9. The lowest BCUT2D eigenvalue weighted by molar-refractivity contribution is -0.114. The van der Waals surface area contributed by atoms with Crippen molar-refractivity contribution in [1.82, 2.24) is 5.32 Å². The average molecular weight is 381 g/mol. The number of carbonyl (C=O) groups is 2. The second-order valence-corrected chi connectivity index (χ2v) is 7.15. The van der Waals surface area contributed by atoms with Gasteiger partial charge < -0.3 is 20.7 Å². The largest absolute Gasteiger partial charge is 0.376 e. The fraction of sp³-hybridized carbons (Fsp3) is 0.364.